The van der Waals surface area contributed by atoms with E-state index in [4.69, 9.17) is 10.6 Å². The topological polar surface area (TPSA) is 76.3 Å². The summed E-state index contributed by atoms with van der Waals surface area (Å²) in [6.07, 6.45) is 0. The molecule has 1 aromatic heterocycles. The molecule has 1 aromatic rings. The molecule has 0 saturated heterocycles. The number of likely N-dealkylation sites (N-methyl/N-ethyl adjacent to an activating group) is 1. The number of aromatic nitrogens is 2. The van der Waals surface area contributed by atoms with Crippen LogP contribution in [-0.2, 0) is 11.3 Å². The molecular formula is C9H19N5OS. The summed E-state index contributed by atoms with van der Waals surface area (Å²) in [5.74, 6) is 5.25. The Morgan fingerprint density at radius 2 is 2.25 bits per heavy atom. The first-order valence-corrected chi connectivity index (χ1v) is 6.20. The van der Waals surface area contributed by atoms with Crippen molar-refractivity contribution >= 4 is 16.5 Å². The van der Waals surface area contributed by atoms with Crippen molar-refractivity contribution in [2.75, 3.05) is 31.7 Å². The first-order valence-electron chi connectivity index (χ1n) is 5.39. The van der Waals surface area contributed by atoms with Gasteiger partial charge in [-0.2, -0.15) is 0 Å². The van der Waals surface area contributed by atoms with Gasteiger partial charge in [-0.15, -0.1) is 10.2 Å². The molecule has 1 heterocycles. The molecule has 6 nitrogen and oxygen atoms in total. The van der Waals surface area contributed by atoms with Gasteiger partial charge < -0.3 is 4.74 Å². The standard InChI is InChI=1S/C9H19N5OS/c1-3-14(5-6-15-4-2)7-8-12-13-9(11-10)16-8/h3-7,10H2,1-2H3,(H,11,13). The van der Waals surface area contributed by atoms with E-state index in [-0.39, 0.29) is 0 Å². The summed E-state index contributed by atoms with van der Waals surface area (Å²) in [5, 5.41) is 9.55. The van der Waals surface area contributed by atoms with Gasteiger partial charge in [-0.1, -0.05) is 18.3 Å². The largest absolute Gasteiger partial charge is 0.380 e. The van der Waals surface area contributed by atoms with Gasteiger partial charge >= 0.3 is 0 Å². The lowest BCUT2D eigenvalue weighted by Crippen LogP contribution is -2.27. The Morgan fingerprint density at radius 1 is 1.44 bits per heavy atom. The monoisotopic (exact) mass is 245 g/mol. The van der Waals surface area contributed by atoms with Gasteiger partial charge in [-0.25, -0.2) is 5.84 Å². The maximum atomic E-state index is 5.32. The lowest BCUT2D eigenvalue weighted by Gasteiger charge is -2.18. The second-order valence-electron chi connectivity index (χ2n) is 3.21. The zero-order valence-corrected chi connectivity index (χ0v) is 10.6. The van der Waals surface area contributed by atoms with Crippen LogP contribution in [0.5, 0.6) is 0 Å². The number of nitrogens with zero attached hydrogens (tertiary/aromatic N) is 3. The van der Waals surface area contributed by atoms with Crippen LogP contribution in [0.3, 0.4) is 0 Å². The summed E-state index contributed by atoms with van der Waals surface area (Å²) in [7, 11) is 0. The van der Waals surface area contributed by atoms with E-state index in [1.165, 1.54) is 11.3 Å². The molecule has 0 amide bonds. The van der Waals surface area contributed by atoms with E-state index in [9.17, 15) is 0 Å². The Labute approximate surface area is 99.8 Å². The van der Waals surface area contributed by atoms with Gasteiger partial charge in [0.25, 0.3) is 0 Å². The molecule has 0 aliphatic carbocycles. The quantitative estimate of drug-likeness (QED) is 0.398. The van der Waals surface area contributed by atoms with Crippen LogP contribution in [0.4, 0.5) is 5.13 Å². The van der Waals surface area contributed by atoms with Crippen molar-refractivity contribution in [3.63, 3.8) is 0 Å². The minimum Gasteiger partial charge on any atom is -0.380 e. The highest BCUT2D eigenvalue weighted by atomic mass is 32.1. The van der Waals surface area contributed by atoms with E-state index in [0.29, 0.717) is 5.13 Å². The number of hydrazine groups is 1. The molecule has 0 atom stereocenters. The molecule has 1 rings (SSSR count). The SMILES string of the molecule is CCOCCN(CC)Cc1nnc(NN)s1. The fourth-order valence-electron chi connectivity index (χ4n) is 1.25. The Kier molecular flexibility index (Phi) is 6.24. The third kappa shape index (κ3) is 4.40. The van der Waals surface area contributed by atoms with Crippen molar-refractivity contribution in [2.24, 2.45) is 5.84 Å². The Hall–Kier alpha value is -0.760. The first kappa shape index (κ1) is 13.3. The highest BCUT2D eigenvalue weighted by Crippen LogP contribution is 2.15. The maximum Gasteiger partial charge on any atom is 0.219 e. The smallest absolute Gasteiger partial charge is 0.219 e. The van der Waals surface area contributed by atoms with Crippen molar-refractivity contribution in [1.29, 1.82) is 0 Å². The lowest BCUT2D eigenvalue weighted by molar-refractivity contribution is 0.113. The summed E-state index contributed by atoms with van der Waals surface area (Å²) in [5.41, 5.74) is 2.49. The van der Waals surface area contributed by atoms with Gasteiger partial charge in [0, 0.05) is 13.2 Å². The Balaban J connectivity index is 2.36. The van der Waals surface area contributed by atoms with Crippen LogP contribution in [-0.4, -0.2) is 41.4 Å². The molecule has 0 aliphatic rings. The van der Waals surface area contributed by atoms with Gasteiger partial charge in [0.05, 0.1) is 13.2 Å². The molecule has 0 saturated carbocycles. The van der Waals surface area contributed by atoms with Crippen LogP contribution in [0.2, 0.25) is 0 Å². The zero-order chi connectivity index (χ0) is 11.8. The number of nitrogens with one attached hydrogen (secondary N) is 1. The number of hydrogen-bond acceptors (Lipinski definition) is 7. The third-order valence-electron chi connectivity index (χ3n) is 2.15. The summed E-state index contributed by atoms with van der Waals surface area (Å²) in [6, 6.07) is 0. The summed E-state index contributed by atoms with van der Waals surface area (Å²) >= 11 is 1.47. The lowest BCUT2D eigenvalue weighted by atomic mass is 10.5. The van der Waals surface area contributed by atoms with Crippen LogP contribution in [0.15, 0.2) is 0 Å². The molecule has 0 aliphatic heterocycles. The van der Waals surface area contributed by atoms with Crippen LogP contribution in [0.1, 0.15) is 18.9 Å². The molecule has 92 valence electrons. The fraction of sp³-hybridized carbons (Fsp3) is 0.778. The molecular weight excluding hydrogens is 226 g/mol. The van der Waals surface area contributed by atoms with E-state index in [1.807, 2.05) is 6.92 Å². The Bertz CT molecular complexity index is 293. The van der Waals surface area contributed by atoms with Gasteiger partial charge in [-0.05, 0) is 13.5 Å². The van der Waals surface area contributed by atoms with Gasteiger partial charge in [0.15, 0.2) is 0 Å². The van der Waals surface area contributed by atoms with Gasteiger partial charge in [0.1, 0.15) is 5.01 Å². The van der Waals surface area contributed by atoms with Crippen molar-refractivity contribution in [3.05, 3.63) is 5.01 Å². The van der Waals surface area contributed by atoms with E-state index in [2.05, 4.69) is 27.4 Å². The van der Waals surface area contributed by atoms with Crippen molar-refractivity contribution in [3.8, 4) is 0 Å². The molecule has 0 unspecified atom stereocenters. The molecule has 0 fully saturated rings. The van der Waals surface area contributed by atoms with Gasteiger partial charge in [-0.3, -0.25) is 10.3 Å². The average Bonchev–Trinajstić information content (AvgIpc) is 2.75. The highest BCUT2D eigenvalue weighted by molar-refractivity contribution is 7.15. The fourth-order valence-corrected chi connectivity index (χ4v) is 1.95. The molecule has 0 bridgehead atoms. The number of hydrogen-bond donors (Lipinski definition) is 2. The third-order valence-corrected chi connectivity index (χ3v) is 2.99. The summed E-state index contributed by atoms with van der Waals surface area (Å²) in [4.78, 5) is 2.26. The molecule has 0 radical (unpaired) electrons. The van der Waals surface area contributed by atoms with E-state index in [1.54, 1.807) is 0 Å². The first-order chi connectivity index (χ1) is 7.80. The number of rotatable bonds is 8. The van der Waals surface area contributed by atoms with E-state index >= 15 is 0 Å². The van der Waals surface area contributed by atoms with Crippen molar-refractivity contribution in [1.82, 2.24) is 15.1 Å². The molecule has 0 aromatic carbocycles. The Morgan fingerprint density at radius 3 is 2.81 bits per heavy atom. The van der Waals surface area contributed by atoms with Crippen LogP contribution >= 0.6 is 11.3 Å². The second-order valence-corrected chi connectivity index (χ2v) is 4.27. The van der Waals surface area contributed by atoms with Crippen LogP contribution in [0, 0.1) is 0 Å². The average molecular weight is 245 g/mol. The second kappa shape index (κ2) is 7.50. The summed E-state index contributed by atoms with van der Waals surface area (Å²) in [6.45, 7) is 8.31. The molecule has 16 heavy (non-hydrogen) atoms. The number of nitrogen functional groups attached to an aromatic ring is 1. The molecule has 0 spiro atoms. The minimum absolute atomic E-state index is 0.649. The van der Waals surface area contributed by atoms with E-state index in [0.717, 1.165) is 37.9 Å². The predicted molar refractivity (Wildman–Crippen MR) is 65.2 cm³/mol. The number of nitrogens with two attached hydrogens (primary N) is 1. The predicted octanol–water partition coefficient (Wildman–Crippen LogP) is 0.682. The van der Waals surface area contributed by atoms with Crippen molar-refractivity contribution in [2.45, 2.75) is 20.4 Å². The van der Waals surface area contributed by atoms with Crippen LogP contribution in [0.25, 0.3) is 0 Å². The van der Waals surface area contributed by atoms with Gasteiger partial charge in [0.2, 0.25) is 5.13 Å². The number of ether oxygens (including phenoxy) is 1. The summed E-state index contributed by atoms with van der Waals surface area (Å²) < 4.78 is 5.32. The zero-order valence-electron chi connectivity index (χ0n) is 9.77. The number of anilines is 1. The van der Waals surface area contributed by atoms with Crippen molar-refractivity contribution < 1.29 is 4.74 Å². The van der Waals surface area contributed by atoms with Crippen LogP contribution < -0.4 is 11.3 Å². The normalized spacial score (nSPS) is 11.0. The maximum absolute atomic E-state index is 5.32. The molecule has 7 heteroatoms. The van der Waals surface area contributed by atoms with E-state index < -0.39 is 0 Å². The highest BCUT2D eigenvalue weighted by Gasteiger charge is 2.08. The minimum atomic E-state index is 0.649. The molecule has 3 N–H and O–H groups in total.